The molecule has 8 heteroatoms. The highest BCUT2D eigenvalue weighted by Gasteiger charge is 2.21. The van der Waals surface area contributed by atoms with E-state index in [2.05, 4.69) is 31.9 Å². The van der Waals surface area contributed by atoms with E-state index in [4.69, 9.17) is 15.2 Å². The van der Waals surface area contributed by atoms with Crippen LogP contribution in [0.5, 0.6) is 17.2 Å². The van der Waals surface area contributed by atoms with E-state index in [9.17, 15) is 10.1 Å². The van der Waals surface area contributed by atoms with E-state index < -0.39 is 4.92 Å². The van der Waals surface area contributed by atoms with Gasteiger partial charge in [0.05, 0.1) is 21.0 Å². The molecule has 0 aliphatic rings. The van der Waals surface area contributed by atoms with Gasteiger partial charge in [-0.25, -0.2) is 0 Å². The number of nitrogen functional groups attached to an aromatic ring is 1. The van der Waals surface area contributed by atoms with Gasteiger partial charge in [-0.15, -0.1) is 0 Å². The summed E-state index contributed by atoms with van der Waals surface area (Å²) in [4.78, 5) is 10.5. The molecule has 6 nitrogen and oxygen atoms in total. The average molecular weight is 418 g/mol. The minimum Gasteiger partial charge on any atom is -0.496 e. The van der Waals surface area contributed by atoms with Crippen LogP contribution >= 0.6 is 31.9 Å². The van der Waals surface area contributed by atoms with Gasteiger partial charge >= 0.3 is 5.69 Å². The molecule has 2 N–H and O–H groups in total. The molecule has 0 saturated heterocycles. The molecule has 0 spiro atoms. The molecule has 2 rings (SSSR count). The molecule has 0 aromatic heterocycles. The summed E-state index contributed by atoms with van der Waals surface area (Å²) in [5.74, 6) is 1.07. The summed E-state index contributed by atoms with van der Waals surface area (Å²) in [5.41, 5.74) is 5.40. The van der Waals surface area contributed by atoms with Gasteiger partial charge in [-0.2, -0.15) is 0 Å². The minimum absolute atomic E-state index is 0.0428. The molecule has 0 unspecified atom stereocenters. The van der Waals surface area contributed by atoms with Crippen molar-refractivity contribution in [1.82, 2.24) is 0 Å². The standard InChI is InChI=1S/C13H10Br2N2O4/c1-20-11-5-8(15)12(6-7(11)14)21-10-4-2-3-9(16)13(10)17(18)19/h2-6H,16H2,1H3. The summed E-state index contributed by atoms with van der Waals surface area (Å²) in [6.07, 6.45) is 0. The Morgan fingerprint density at radius 2 is 1.76 bits per heavy atom. The molecule has 0 radical (unpaired) electrons. The zero-order chi connectivity index (χ0) is 15.6. The third kappa shape index (κ3) is 3.27. The summed E-state index contributed by atoms with van der Waals surface area (Å²) >= 11 is 6.67. The van der Waals surface area contributed by atoms with Crippen molar-refractivity contribution in [3.8, 4) is 17.2 Å². The van der Waals surface area contributed by atoms with Gasteiger partial charge in [0, 0.05) is 0 Å². The highest BCUT2D eigenvalue weighted by atomic mass is 79.9. The number of benzene rings is 2. The summed E-state index contributed by atoms with van der Waals surface area (Å²) in [5, 5.41) is 11.1. The van der Waals surface area contributed by atoms with Gasteiger partial charge in [-0.1, -0.05) is 6.07 Å². The van der Waals surface area contributed by atoms with E-state index in [1.54, 1.807) is 18.2 Å². The first-order valence-corrected chi connectivity index (χ1v) is 7.26. The number of nitrogens with two attached hydrogens (primary N) is 1. The Morgan fingerprint density at radius 3 is 2.38 bits per heavy atom. The van der Waals surface area contributed by atoms with Crippen LogP contribution in [-0.4, -0.2) is 12.0 Å². The van der Waals surface area contributed by atoms with Crippen LogP contribution < -0.4 is 15.2 Å². The summed E-state index contributed by atoms with van der Waals surface area (Å²) in [7, 11) is 1.54. The number of methoxy groups -OCH3 is 1. The van der Waals surface area contributed by atoms with E-state index in [0.29, 0.717) is 20.4 Å². The van der Waals surface area contributed by atoms with Gasteiger partial charge in [0.15, 0.2) is 0 Å². The quantitative estimate of drug-likeness (QED) is 0.449. The normalized spacial score (nSPS) is 10.2. The number of hydrogen-bond acceptors (Lipinski definition) is 5. The van der Waals surface area contributed by atoms with Crippen LogP contribution in [0.3, 0.4) is 0 Å². The number of rotatable bonds is 4. The lowest BCUT2D eigenvalue weighted by Crippen LogP contribution is -1.99. The molecule has 0 heterocycles. The number of ether oxygens (including phenoxy) is 2. The van der Waals surface area contributed by atoms with Crippen molar-refractivity contribution >= 4 is 43.2 Å². The second kappa shape index (κ2) is 6.31. The number of halogens is 2. The fourth-order valence-electron chi connectivity index (χ4n) is 1.68. The number of nitrogens with zero attached hydrogens (tertiary/aromatic N) is 1. The van der Waals surface area contributed by atoms with Gasteiger partial charge in [-0.3, -0.25) is 10.1 Å². The van der Waals surface area contributed by atoms with Crippen molar-refractivity contribution in [2.24, 2.45) is 0 Å². The van der Waals surface area contributed by atoms with Crippen LogP contribution in [-0.2, 0) is 0 Å². The predicted molar refractivity (Wildman–Crippen MR) is 86.0 cm³/mol. The van der Waals surface area contributed by atoms with Crippen LogP contribution in [0.1, 0.15) is 0 Å². The Kier molecular flexibility index (Phi) is 4.69. The van der Waals surface area contributed by atoms with E-state index in [0.717, 1.165) is 0 Å². The van der Waals surface area contributed by atoms with Crippen molar-refractivity contribution < 1.29 is 14.4 Å². The number of nitro benzene ring substituents is 1. The molecular weight excluding hydrogens is 408 g/mol. The van der Waals surface area contributed by atoms with Crippen molar-refractivity contribution in [3.05, 3.63) is 49.4 Å². The second-order valence-electron chi connectivity index (χ2n) is 3.97. The maximum absolute atomic E-state index is 11.1. The Balaban J connectivity index is 2.46. The lowest BCUT2D eigenvalue weighted by atomic mass is 10.2. The van der Waals surface area contributed by atoms with Gasteiger partial charge in [0.1, 0.15) is 17.2 Å². The fraction of sp³-hybridized carbons (Fsp3) is 0.0769. The molecule has 2 aromatic rings. The summed E-state index contributed by atoms with van der Waals surface area (Å²) in [6.45, 7) is 0. The highest BCUT2D eigenvalue weighted by molar-refractivity contribution is 9.11. The van der Waals surface area contributed by atoms with Gasteiger partial charge in [0.2, 0.25) is 5.75 Å². The largest absolute Gasteiger partial charge is 0.496 e. The topological polar surface area (TPSA) is 87.6 Å². The highest BCUT2D eigenvalue weighted by Crippen LogP contribution is 2.41. The maximum atomic E-state index is 11.1. The molecule has 110 valence electrons. The lowest BCUT2D eigenvalue weighted by molar-refractivity contribution is -0.384. The van der Waals surface area contributed by atoms with E-state index in [1.807, 2.05) is 0 Å². The molecule has 21 heavy (non-hydrogen) atoms. The Morgan fingerprint density at radius 1 is 1.14 bits per heavy atom. The van der Waals surface area contributed by atoms with Crippen molar-refractivity contribution in [1.29, 1.82) is 0 Å². The molecule has 0 atom stereocenters. The van der Waals surface area contributed by atoms with Gasteiger partial charge in [0.25, 0.3) is 0 Å². The van der Waals surface area contributed by atoms with E-state index in [1.165, 1.54) is 19.2 Å². The summed E-state index contributed by atoms with van der Waals surface area (Å²) < 4.78 is 12.0. The maximum Gasteiger partial charge on any atom is 0.334 e. The van der Waals surface area contributed by atoms with E-state index in [-0.39, 0.29) is 17.1 Å². The number of anilines is 1. The van der Waals surface area contributed by atoms with Crippen LogP contribution in [0.25, 0.3) is 0 Å². The fourth-order valence-corrected chi connectivity index (χ4v) is 2.57. The van der Waals surface area contributed by atoms with Crippen molar-refractivity contribution in [3.63, 3.8) is 0 Å². The van der Waals surface area contributed by atoms with Crippen LogP contribution in [0, 0.1) is 10.1 Å². The molecule has 0 saturated carbocycles. The number of para-hydroxylation sites is 1. The van der Waals surface area contributed by atoms with Crippen molar-refractivity contribution in [2.75, 3.05) is 12.8 Å². The molecule has 0 aliphatic carbocycles. The van der Waals surface area contributed by atoms with Crippen molar-refractivity contribution in [2.45, 2.75) is 0 Å². The first-order valence-electron chi connectivity index (χ1n) is 5.67. The smallest absolute Gasteiger partial charge is 0.334 e. The van der Waals surface area contributed by atoms with E-state index >= 15 is 0 Å². The first-order chi connectivity index (χ1) is 9.93. The predicted octanol–water partition coefficient (Wildman–Crippen LogP) is 4.50. The zero-order valence-corrected chi connectivity index (χ0v) is 14.0. The molecule has 0 bridgehead atoms. The van der Waals surface area contributed by atoms with Crippen LogP contribution in [0.15, 0.2) is 39.3 Å². The minimum atomic E-state index is -0.572. The first kappa shape index (κ1) is 15.6. The van der Waals surface area contributed by atoms with Gasteiger partial charge in [-0.05, 0) is 56.1 Å². The number of nitro groups is 1. The summed E-state index contributed by atoms with van der Waals surface area (Å²) in [6, 6.07) is 7.86. The zero-order valence-electron chi connectivity index (χ0n) is 10.8. The second-order valence-corrected chi connectivity index (χ2v) is 5.68. The lowest BCUT2D eigenvalue weighted by Gasteiger charge is -2.11. The Labute approximate surface area is 137 Å². The van der Waals surface area contributed by atoms with Gasteiger partial charge < -0.3 is 15.2 Å². The Bertz CT molecular complexity index is 707. The Hall–Kier alpha value is -1.80. The third-order valence-corrected chi connectivity index (χ3v) is 3.88. The molecule has 2 aromatic carbocycles. The molecular formula is C13H10Br2N2O4. The van der Waals surface area contributed by atoms with Crippen LogP contribution in [0.4, 0.5) is 11.4 Å². The molecule has 0 amide bonds. The average Bonchev–Trinajstić information content (AvgIpc) is 2.42. The molecule has 0 fully saturated rings. The SMILES string of the molecule is COc1cc(Br)c(Oc2cccc(N)c2[N+](=O)[O-])cc1Br. The van der Waals surface area contributed by atoms with Crippen LogP contribution in [0.2, 0.25) is 0 Å². The third-order valence-electron chi connectivity index (χ3n) is 2.64. The number of hydrogen-bond donors (Lipinski definition) is 1. The molecule has 0 aliphatic heterocycles. The monoisotopic (exact) mass is 416 g/mol.